The van der Waals surface area contributed by atoms with Gasteiger partial charge in [0.1, 0.15) is 0 Å². The zero-order chi connectivity index (χ0) is 25.0. The maximum atomic E-state index is 6.71. The van der Waals surface area contributed by atoms with Crippen molar-refractivity contribution in [2.45, 2.75) is 150 Å². The number of rotatable bonds is 15. The second-order valence-electron chi connectivity index (χ2n) is 13.1. The summed E-state index contributed by atoms with van der Waals surface area (Å²) in [4.78, 5) is 0. The summed E-state index contributed by atoms with van der Waals surface area (Å²) in [7, 11) is 0. The SMILES string of the molecule is CCCCNC(C)(C)C(CCCC)CCOC1/C=C\C(CC(C)CC)C2CCCCC(C)(C1)C2. The lowest BCUT2D eigenvalue weighted by atomic mass is 9.69. The van der Waals surface area contributed by atoms with E-state index in [-0.39, 0.29) is 5.54 Å². The first-order valence-electron chi connectivity index (χ1n) is 15.3. The average Bonchev–Trinajstić information content (AvgIpc) is 3.00. The molecule has 2 rings (SSSR count). The second kappa shape index (κ2) is 15.0. The van der Waals surface area contributed by atoms with Crippen molar-refractivity contribution >= 4 is 0 Å². The quantitative estimate of drug-likeness (QED) is 0.188. The molecule has 200 valence electrons. The Morgan fingerprint density at radius 1 is 1.03 bits per heavy atom. The Bertz CT molecular complexity index is 569. The topological polar surface area (TPSA) is 21.3 Å². The molecule has 2 heteroatoms. The first-order chi connectivity index (χ1) is 16.2. The Kier molecular flexibility index (Phi) is 13.2. The highest BCUT2D eigenvalue weighted by Crippen LogP contribution is 2.47. The van der Waals surface area contributed by atoms with Crippen LogP contribution in [-0.2, 0) is 4.74 Å². The smallest absolute Gasteiger partial charge is 0.0761 e. The molecule has 0 heterocycles. The molecule has 0 aliphatic heterocycles. The lowest BCUT2D eigenvalue weighted by Crippen LogP contribution is -2.47. The summed E-state index contributed by atoms with van der Waals surface area (Å²) < 4.78 is 6.71. The first kappa shape index (κ1) is 29.9. The van der Waals surface area contributed by atoms with Crippen molar-refractivity contribution in [3.63, 3.8) is 0 Å². The van der Waals surface area contributed by atoms with Gasteiger partial charge in [0.15, 0.2) is 0 Å². The molecule has 2 bridgehead atoms. The average molecular weight is 476 g/mol. The lowest BCUT2D eigenvalue weighted by molar-refractivity contribution is 0.0213. The highest BCUT2D eigenvalue weighted by atomic mass is 16.5. The van der Waals surface area contributed by atoms with Gasteiger partial charge in [-0.15, -0.1) is 0 Å². The van der Waals surface area contributed by atoms with E-state index in [4.69, 9.17) is 4.74 Å². The van der Waals surface area contributed by atoms with Crippen LogP contribution < -0.4 is 5.32 Å². The molecular formula is C32H61NO. The standard InChI is InChI=1S/C32H61NO/c1-8-11-16-29(31(5,6)33-21-12-9-2)19-22-34-30-18-17-27(23-26(4)10-3)28-15-13-14-20-32(7,24-28)25-30/h17-18,26-30,33H,8-16,19-25H2,1-7H3/b18-17-. The van der Waals surface area contributed by atoms with Crippen molar-refractivity contribution in [2.24, 2.45) is 29.1 Å². The molecule has 2 aliphatic carbocycles. The van der Waals surface area contributed by atoms with E-state index in [0.717, 1.165) is 30.9 Å². The number of nitrogens with one attached hydrogen (secondary N) is 1. The monoisotopic (exact) mass is 475 g/mol. The molecule has 6 unspecified atom stereocenters. The fraction of sp³-hybridized carbons (Fsp3) is 0.938. The number of unbranched alkanes of at least 4 members (excludes halogenated alkanes) is 2. The van der Waals surface area contributed by atoms with Crippen LogP contribution in [0.1, 0.15) is 138 Å². The summed E-state index contributed by atoms with van der Waals surface area (Å²) in [5.74, 6) is 3.13. The van der Waals surface area contributed by atoms with Crippen molar-refractivity contribution in [1.29, 1.82) is 0 Å². The lowest BCUT2D eigenvalue weighted by Gasteiger charge is -2.39. The Labute approximate surface area is 214 Å². The molecule has 34 heavy (non-hydrogen) atoms. The molecule has 0 spiro atoms. The van der Waals surface area contributed by atoms with Crippen LogP contribution in [0.15, 0.2) is 12.2 Å². The van der Waals surface area contributed by atoms with Crippen molar-refractivity contribution in [1.82, 2.24) is 5.32 Å². The van der Waals surface area contributed by atoms with Gasteiger partial charge >= 0.3 is 0 Å². The largest absolute Gasteiger partial charge is 0.374 e. The molecule has 0 aromatic rings. The molecule has 1 saturated carbocycles. The fourth-order valence-corrected chi connectivity index (χ4v) is 6.75. The number of hydrogen-bond acceptors (Lipinski definition) is 2. The van der Waals surface area contributed by atoms with Crippen LogP contribution in [0, 0.1) is 29.1 Å². The van der Waals surface area contributed by atoms with Crippen molar-refractivity contribution in [2.75, 3.05) is 13.2 Å². The van der Waals surface area contributed by atoms with Gasteiger partial charge in [0.2, 0.25) is 0 Å². The molecule has 0 aromatic carbocycles. The highest BCUT2D eigenvalue weighted by molar-refractivity contribution is 5.03. The van der Waals surface area contributed by atoms with Crippen LogP contribution in [0.2, 0.25) is 0 Å². The van der Waals surface area contributed by atoms with Crippen LogP contribution in [0.4, 0.5) is 0 Å². The number of fused-ring (bicyclic) bond motifs is 2. The van der Waals surface area contributed by atoms with Gasteiger partial charge in [-0.1, -0.05) is 85.3 Å². The van der Waals surface area contributed by atoms with Gasteiger partial charge in [-0.05, 0) is 101 Å². The summed E-state index contributed by atoms with van der Waals surface area (Å²) in [6, 6.07) is 0. The molecule has 1 fully saturated rings. The van der Waals surface area contributed by atoms with Gasteiger partial charge in [0.25, 0.3) is 0 Å². The minimum Gasteiger partial charge on any atom is -0.374 e. The van der Waals surface area contributed by atoms with Crippen LogP contribution in [0.5, 0.6) is 0 Å². The van der Waals surface area contributed by atoms with E-state index in [1.54, 1.807) is 0 Å². The predicted molar refractivity (Wildman–Crippen MR) is 150 cm³/mol. The molecule has 0 amide bonds. The Morgan fingerprint density at radius 3 is 2.50 bits per heavy atom. The van der Waals surface area contributed by atoms with E-state index < -0.39 is 0 Å². The highest BCUT2D eigenvalue weighted by Gasteiger charge is 2.37. The van der Waals surface area contributed by atoms with E-state index in [9.17, 15) is 0 Å². The van der Waals surface area contributed by atoms with Gasteiger partial charge < -0.3 is 10.1 Å². The van der Waals surface area contributed by atoms with Crippen LogP contribution in [-0.4, -0.2) is 24.8 Å². The summed E-state index contributed by atoms with van der Waals surface area (Å²) >= 11 is 0. The van der Waals surface area contributed by atoms with Crippen LogP contribution >= 0.6 is 0 Å². The van der Waals surface area contributed by atoms with Crippen molar-refractivity contribution < 1.29 is 4.74 Å². The molecule has 1 N–H and O–H groups in total. The third-order valence-corrected chi connectivity index (χ3v) is 9.44. The molecular weight excluding hydrogens is 414 g/mol. The minimum absolute atomic E-state index is 0.187. The minimum atomic E-state index is 0.187. The van der Waals surface area contributed by atoms with Gasteiger partial charge in [-0.2, -0.15) is 0 Å². The molecule has 0 saturated heterocycles. The molecule has 0 radical (unpaired) electrons. The van der Waals surface area contributed by atoms with Gasteiger partial charge in [-0.3, -0.25) is 0 Å². The number of allylic oxidation sites excluding steroid dienone is 1. The zero-order valence-corrected chi connectivity index (χ0v) is 24.3. The third-order valence-electron chi connectivity index (χ3n) is 9.44. The Hall–Kier alpha value is -0.340. The third kappa shape index (κ3) is 9.96. The van der Waals surface area contributed by atoms with Crippen LogP contribution in [0.25, 0.3) is 0 Å². The molecule has 2 aliphatic rings. The molecule has 6 atom stereocenters. The van der Waals surface area contributed by atoms with E-state index >= 15 is 0 Å². The summed E-state index contributed by atoms with van der Waals surface area (Å²) in [5, 5.41) is 3.88. The summed E-state index contributed by atoms with van der Waals surface area (Å²) in [6.07, 6.45) is 23.9. The zero-order valence-electron chi connectivity index (χ0n) is 24.3. The van der Waals surface area contributed by atoms with E-state index in [0.29, 0.717) is 17.4 Å². The number of ether oxygens (including phenoxy) is 1. The first-order valence-corrected chi connectivity index (χ1v) is 15.3. The normalized spacial score (nSPS) is 30.7. The molecule has 2 nitrogen and oxygen atoms in total. The van der Waals surface area contributed by atoms with Gasteiger partial charge in [0, 0.05) is 12.1 Å². The maximum Gasteiger partial charge on any atom is 0.0761 e. The Balaban J connectivity index is 2.04. The van der Waals surface area contributed by atoms with Gasteiger partial charge in [-0.25, -0.2) is 0 Å². The molecule has 0 aromatic heterocycles. The number of hydrogen-bond donors (Lipinski definition) is 1. The Morgan fingerprint density at radius 2 is 1.79 bits per heavy atom. The van der Waals surface area contributed by atoms with Crippen LogP contribution in [0.3, 0.4) is 0 Å². The summed E-state index contributed by atoms with van der Waals surface area (Å²) in [6.45, 7) is 18.9. The van der Waals surface area contributed by atoms with E-state index in [1.807, 2.05) is 0 Å². The predicted octanol–water partition coefficient (Wildman–Crippen LogP) is 9.34. The maximum absolute atomic E-state index is 6.71. The summed E-state index contributed by atoms with van der Waals surface area (Å²) in [5.41, 5.74) is 0.638. The van der Waals surface area contributed by atoms with Crippen molar-refractivity contribution in [3.8, 4) is 0 Å². The fourth-order valence-electron chi connectivity index (χ4n) is 6.75. The van der Waals surface area contributed by atoms with E-state index in [1.165, 1.54) is 89.9 Å². The second-order valence-corrected chi connectivity index (χ2v) is 13.1. The van der Waals surface area contributed by atoms with E-state index in [2.05, 4.69) is 65.9 Å². The van der Waals surface area contributed by atoms with Crippen molar-refractivity contribution in [3.05, 3.63) is 12.2 Å². The van der Waals surface area contributed by atoms with Gasteiger partial charge in [0.05, 0.1) is 6.10 Å².